The predicted molar refractivity (Wildman–Crippen MR) is 71.6 cm³/mol. The van der Waals surface area contributed by atoms with Crippen molar-refractivity contribution in [2.75, 3.05) is 5.75 Å². The molecule has 1 heterocycles. The molecule has 0 saturated heterocycles. The maximum absolute atomic E-state index is 11.5. The molecule has 0 spiro atoms. The first-order chi connectivity index (χ1) is 7.81. The quantitative estimate of drug-likeness (QED) is 0.829. The van der Waals surface area contributed by atoms with Gasteiger partial charge in [0, 0.05) is 24.0 Å². The molecule has 84 valence electrons. The topological polar surface area (TPSA) is 22.0 Å². The Kier molecular flexibility index (Phi) is 3.85. The average Bonchev–Trinajstić information content (AvgIpc) is 2.73. The molecule has 0 aliphatic heterocycles. The van der Waals surface area contributed by atoms with Crippen LogP contribution in [-0.2, 0) is 6.54 Å². The van der Waals surface area contributed by atoms with E-state index in [1.54, 1.807) is 4.57 Å². The first kappa shape index (κ1) is 11.5. The standard InChI is InChI=1S/C12H13NOS2/c14-12-13(6-7-16-12)8-11(9-15)10-4-2-1-3-5-10/h1-7,11,15H,8-9H2. The average molecular weight is 251 g/mol. The van der Waals surface area contributed by atoms with Gasteiger partial charge in [-0.1, -0.05) is 41.7 Å². The molecule has 1 aromatic carbocycles. The van der Waals surface area contributed by atoms with Crippen LogP contribution in [0, 0.1) is 0 Å². The molecule has 0 bridgehead atoms. The van der Waals surface area contributed by atoms with Crippen molar-refractivity contribution in [2.24, 2.45) is 0 Å². The number of thiol groups is 1. The molecule has 1 atom stereocenters. The molecular weight excluding hydrogens is 238 g/mol. The third kappa shape index (κ3) is 2.57. The van der Waals surface area contributed by atoms with Gasteiger partial charge in [-0.25, -0.2) is 0 Å². The second-order valence-electron chi connectivity index (χ2n) is 3.61. The lowest BCUT2D eigenvalue weighted by atomic mass is 10.0. The minimum atomic E-state index is 0.0997. The first-order valence-corrected chi connectivity index (χ1v) is 6.62. The Labute approximate surface area is 104 Å². The number of benzene rings is 1. The van der Waals surface area contributed by atoms with Crippen LogP contribution in [0.25, 0.3) is 0 Å². The molecule has 2 aromatic rings. The highest BCUT2D eigenvalue weighted by atomic mass is 32.1. The summed E-state index contributed by atoms with van der Waals surface area (Å²) < 4.78 is 1.75. The summed E-state index contributed by atoms with van der Waals surface area (Å²) in [6.07, 6.45) is 1.84. The van der Waals surface area contributed by atoms with E-state index < -0.39 is 0 Å². The highest BCUT2D eigenvalue weighted by molar-refractivity contribution is 7.80. The molecule has 1 aromatic heterocycles. The van der Waals surface area contributed by atoms with Gasteiger partial charge in [0.15, 0.2) is 0 Å². The predicted octanol–water partition coefficient (Wildman–Crippen LogP) is 2.62. The van der Waals surface area contributed by atoms with E-state index in [9.17, 15) is 4.79 Å². The number of rotatable bonds is 4. The summed E-state index contributed by atoms with van der Waals surface area (Å²) in [6.45, 7) is 0.704. The lowest BCUT2D eigenvalue weighted by molar-refractivity contribution is 0.598. The summed E-state index contributed by atoms with van der Waals surface area (Å²) >= 11 is 5.59. The largest absolute Gasteiger partial charge is 0.307 e. The van der Waals surface area contributed by atoms with Crippen molar-refractivity contribution < 1.29 is 0 Å². The van der Waals surface area contributed by atoms with Crippen LogP contribution < -0.4 is 4.87 Å². The SMILES string of the molecule is O=c1sccn1CC(CS)c1ccccc1. The van der Waals surface area contributed by atoms with Crippen molar-refractivity contribution in [1.29, 1.82) is 0 Å². The number of hydrogen-bond acceptors (Lipinski definition) is 3. The summed E-state index contributed by atoms with van der Waals surface area (Å²) in [7, 11) is 0. The van der Waals surface area contributed by atoms with E-state index in [2.05, 4.69) is 24.8 Å². The molecule has 0 saturated carbocycles. The fraction of sp³-hybridized carbons (Fsp3) is 0.250. The summed E-state index contributed by atoms with van der Waals surface area (Å²) in [6, 6.07) is 10.2. The molecule has 0 fully saturated rings. The Balaban J connectivity index is 2.19. The third-order valence-corrected chi connectivity index (χ3v) is 3.69. The van der Waals surface area contributed by atoms with Gasteiger partial charge in [0.25, 0.3) is 0 Å². The van der Waals surface area contributed by atoms with E-state index in [0.29, 0.717) is 6.54 Å². The van der Waals surface area contributed by atoms with Crippen LogP contribution in [0.15, 0.2) is 46.7 Å². The Morgan fingerprint density at radius 2 is 2.06 bits per heavy atom. The summed E-state index contributed by atoms with van der Waals surface area (Å²) in [4.78, 5) is 11.6. The molecule has 0 amide bonds. The van der Waals surface area contributed by atoms with Gasteiger partial charge in [-0.3, -0.25) is 4.79 Å². The number of thiazole rings is 1. The number of aromatic nitrogens is 1. The van der Waals surface area contributed by atoms with Gasteiger partial charge in [0.1, 0.15) is 0 Å². The Bertz CT molecular complexity index is 489. The maximum Gasteiger partial charge on any atom is 0.307 e. The Hall–Kier alpha value is -1.00. The monoisotopic (exact) mass is 251 g/mol. The van der Waals surface area contributed by atoms with E-state index in [-0.39, 0.29) is 10.8 Å². The normalized spacial score (nSPS) is 12.6. The zero-order valence-corrected chi connectivity index (χ0v) is 10.5. The van der Waals surface area contributed by atoms with Crippen LogP contribution in [0.1, 0.15) is 11.5 Å². The van der Waals surface area contributed by atoms with E-state index in [1.165, 1.54) is 16.9 Å². The highest BCUT2D eigenvalue weighted by Gasteiger charge is 2.11. The molecule has 0 aliphatic carbocycles. The number of hydrogen-bond donors (Lipinski definition) is 1. The van der Waals surface area contributed by atoms with Gasteiger partial charge in [-0.05, 0) is 11.3 Å². The second-order valence-corrected chi connectivity index (χ2v) is 4.83. The fourth-order valence-electron chi connectivity index (χ4n) is 1.66. The zero-order valence-electron chi connectivity index (χ0n) is 8.74. The lowest BCUT2D eigenvalue weighted by Crippen LogP contribution is -2.18. The summed E-state index contributed by atoms with van der Waals surface area (Å²) in [5.74, 6) is 1.03. The Morgan fingerprint density at radius 1 is 1.31 bits per heavy atom. The molecule has 0 N–H and O–H groups in total. The van der Waals surface area contributed by atoms with Crippen molar-refractivity contribution >= 4 is 24.0 Å². The van der Waals surface area contributed by atoms with Gasteiger partial charge >= 0.3 is 4.87 Å². The minimum Gasteiger partial charge on any atom is -0.305 e. The summed E-state index contributed by atoms with van der Waals surface area (Å²) in [5, 5.41) is 1.82. The summed E-state index contributed by atoms with van der Waals surface area (Å²) in [5.41, 5.74) is 1.23. The maximum atomic E-state index is 11.5. The van der Waals surface area contributed by atoms with Gasteiger partial charge < -0.3 is 4.57 Å². The van der Waals surface area contributed by atoms with Gasteiger partial charge in [-0.2, -0.15) is 12.6 Å². The Morgan fingerprint density at radius 3 is 2.62 bits per heavy atom. The van der Waals surface area contributed by atoms with Crippen LogP contribution in [-0.4, -0.2) is 10.3 Å². The lowest BCUT2D eigenvalue weighted by Gasteiger charge is -2.14. The molecule has 0 aliphatic rings. The van der Waals surface area contributed by atoms with Gasteiger partial charge in [0.05, 0.1) is 0 Å². The van der Waals surface area contributed by atoms with Crippen LogP contribution in [0.4, 0.5) is 0 Å². The van der Waals surface area contributed by atoms with Crippen LogP contribution in [0.3, 0.4) is 0 Å². The molecule has 0 radical (unpaired) electrons. The fourth-order valence-corrected chi connectivity index (χ4v) is 2.58. The van der Waals surface area contributed by atoms with Crippen molar-refractivity contribution in [2.45, 2.75) is 12.5 Å². The van der Waals surface area contributed by atoms with Gasteiger partial charge in [0.2, 0.25) is 0 Å². The van der Waals surface area contributed by atoms with Crippen molar-refractivity contribution in [3.05, 3.63) is 57.1 Å². The second kappa shape index (κ2) is 5.37. The smallest absolute Gasteiger partial charge is 0.305 e. The van der Waals surface area contributed by atoms with Crippen LogP contribution in [0.5, 0.6) is 0 Å². The van der Waals surface area contributed by atoms with Crippen molar-refractivity contribution in [3.8, 4) is 0 Å². The van der Waals surface area contributed by atoms with E-state index in [0.717, 1.165) is 5.75 Å². The van der Waals surface area contributed by atoms with Crippen molar-refractivity contribution in [1.82, 2.24) is 4.57 Å². The minimum absolute atomic E-state index is 0.0997. The van der Waals surface area contributed by atoms with Crippen molar-refractivity contribution in [3.63, 3.8) is 0 Å². The third-order valence-electron chi connectivity index (χ3n) is 2.55. The van der Waals surface area contributed by atoms with Gasteiger partial charge in [-0.15, -0.1) is 0 Å². The van der Waals surface area contributed by atoms with E-state index in [1.807, 2.05) is 29.8 Å². The highest BCUT2D eigenvalue weighted by Crippen LogP contribution is 2.18. The molecule has 4 heteroatoms. The van der Waals surface area contributed by atoms with Crippen LogP contribution in [0.2, 0.25) is 0 Å². The molecule has 2 nitrogen and oxygen atoms in total. The van der Waals surface area contributed by atoms with Crippen LogP contribution >= 0.6 is 24.0 Å². The molecule has 16 heavy (non-hydrogen) atoms. The molecule has 2 rings (SSSR count). The molecular formula is C12H13NOS2. The first-order valence-electron chi connectivity index (χ1n) is 5.11. The van der Waals surface area contributed by atoms with E-state index >= 15 is 0 Å². The van der Waals surface area contributed by atoms with E-state index in [4.69, 9.17) is 0 Å². The zero-order chi connectivity index (χ0) is 11.4. The number of nitrogens with zero attached hydrogens (tertiary/aromatic N) is 1. The molecule has 1 unspecified atom stereocenters.